The molecule has 0 radical (unpaired) electrons. The molecule has 0 aliphatic heterocycles. The Morgan fingerprint density at radius 2 is 1.60 bits per heavy atom. The van der Waals surface area contributed by atoms with E-state index < -0.39 is 10.0 Å². The molecule has 0 bridgehead atoms. The lowest BCUT2D eigenvalue weighted by Crippen LogP contribution is -2.13. The highest BCUT2D eigenvalue weighted by molar-refractivity contribution is 9.10. The van der Waals surface area contributed by atoms with E-state index in [9.17, 15) is 8.42 Å². The van der Waals surface area contributed by atoms with Crippen LogP contribution in [-0.2, 0) is 10.0 Å². The Hall–Kier alpha value is -0.460. The molecule has 2 rings (SSSR count). The first kappa shape index (κ1) is 15.9. The molecule has 0 saturated heterocycles. The van der Waals surface area contributed by atoms with Crippen LogP contribution >= 0.6 is 50.7 Å². The molecule has 2 aromatic carbocycles. The Balaban J connectivity index is 2.43. The number of sulfonamides is 1. The van der Waals surface area contributed by atoms with Crippen molar-refractivity contribution in [3.05, 3.63) is 55.9 Å². The predicted octanol–water partition coefficient (Wildman–Crippen LogP) is 5.21. The average molecular weight is 416 g/mol. The van der Waals surface area contributed by atoms with Gasteiger partial charge in [-0.3, -0.25) is 4.72 Å². The molecule has 0 amide bonds. The van der Waals surface area contributed by atoms with Crippen LogP contribution in [0.3, 0.4) is 0 Å². The molecule has 0 atom stereocenters. The summed E-state index contributed by atoms with van der Waals surface area (Å²) in [6.45, 7) is 0. The van der Waals surface area contributed by atoms with Gasteiger partial charge >= 0.3 is 0 Å². The van der Waals surface area contributed by atoms with Crippen LogP contribution in [0.1, 0.15) is 0 Å². The van der Waals surface area contributed by atoms with Gasteiger partial charge in [0.25, 0.3) is 10.0 Å². The highest BCUT2D eigenvalue weighted by Gasteiger charge is 2.20. The van der Waals surface area contributed by atoms with Crippen molar-refractivity contribution >= 4 is 66.4 Å². The molecule has 20 heavy (non-hydrogen) atoms. The number of halogens is 4. The number of anilines is 1. The van der Waals surface area contributed by atoms with Crippen LogP contribution in [0, 0.1) is 0 Å². The Kier molecular flexibility index (Phi) is 4.87. The van der Waals surface area contributed by atoms with Gasteiger partial charge in [-0.15, -0.1) is 0 Å². The quantitative estimate of drug-likeness (QED) is 0.700. The van der Waals surface area contributed by atoms with Crippen LogP contribution in [0.2, 0.25) is 15.1 Å². The summed E-state index contributed by atoms with van der Waals surface area (Å²) < 4.78 is 27.7. The second-order valence-electron chi connectivity index (χ2n) is 3.81. The standard InChI is InChI=1S/C12H7BrCl3NO2S/c13-7-2-1-3-8(4-7)17-20(18,19)12-6-10(15)9(14)5-11(12)16/h1-6,17H. The van der Waals surface area contributed by atoms with Gasteiger partial charge < -0.3 is 0 Å². The summed E-state index contributed by atoms with van der Waals surface area (Å²) in [6.07, 6.45) is 0. The SMILES string of the molecule is O=S(=O)(Nc1cccc(Br)c1)c1cc(Cl)c(Cl)cc1Cl. The van der Waals surface area contributed by atoms with Crippen LogP contribution in [-0.4, -0.2) is 8.42 Å². The molecule has 0 fully saturated rings. The Morgan fingerprint density at radius 1 is 0.950 bits per heavy atom. The molecule has 106 valence electrons. The van der Waals surface area contributed by atoms with E-state index in [1.165, 1.54) is 12.1 Å². The molecular formula is C12H7BrCl3NO2S. The van der Waals surface area contributed by atoms with Gasteiger partial charge in [0.15, 0.2) is 0 Å². The van der Waals surface area contributed by atoms with Crippen molar-refractivity contribution in [1.82, 2.24) is 0 Å². The molecule has 8 heteroatoms. The third kappa shape index (κ3) is 3.59. The maximum atomic E-state index is 12.3. The summed E-state index contributed by atoms with van der Waals surface area (Å²) in [5.41, 5.74) is 0.404. The molecule has 0 aliphatic rings. The van der Waals surface area contributed by atoms with Gasteiger partial charge in [0.05, 0.1) is 15.1 Å². The fourth-order valence-electron chi connectivity index (χ4n) is 1.47. The van der Waals surface area contributed by atoms with Crippen LogP contribution < -0.4 is 4.72 Å². The minimum Gasteiger partial charge on any atom is -0.280 e. The first-order valence-electron chi connectivity index (χ1n) is 5.22. The summed E-state index contributed by atoms with van der Waals surface area (Å²) in [6, 6.07) is 9.24. The lowest BCUT2D eigenvalue weighted by molar-refractivity contribution is 0.601. The molecule has 1 N–H and O–H groups in total. The number of benzene rings is 2. The van der Waals surface area contributed by atoms with Crippen molar-refractivity contribution in [2.24, 2.45) is 0 Å². The maximum absolute atomic E-state index is 12.3. The third-order valence-electron chi connectivity index (χ3n) is 2.34. The summed E-state index contributed by atoms with van der Waals surface area (Å²) in [4.78, 5) is -0.131. The zero-order valence-electron chi connectivity index (χ0n) is 9.70. The van der Waals surface area contributed by atoms with Crippen molar-refractivity contribution in [3.8, 4) is 0 Å². The lowest BCUT2D eigenvalue weighted by Gasteiger charge is -2.10. The molecule has 0 unspecified atom stereocenters. The molecule has 0 heterocycles. The van der Waals surface area contributed by atoms with E-state index in [-0.39, 0.29) is 20.0 Å². The van der Waals surface area contributed by atoms with Crippen molar-refractivity contribution in [2.45, 2.75) is 4.90 Å². The Labute approximate surface area is 140 Å². The lowest BCUT2D eigenvalue weighted by atomic mass is 10.3. The first-order valence-corrected chi connectivity index (χ1v) is 8.63. The largest absolute Gasteiger partial charge is 0.280 e. The Morgan fingerprint density at radius 3 is 2.25 bits per heavy atom. The second kappa shape index (κ2) is 6.12. The van der Waals surface area contributed by atoms with E-state index in [1.54, 1.807) is 24.3 Å². The van der Waals surface area contributed by atoms with Gasteiger partial charge in [0.1, 0.15) is 4.90 Å². The highest BCUT2D eigenvalue weighted by atomic mass is 79.9. The van der Waals surface area contributed by atoms with Gasteiger partial charge in [-0.1, -0.05) is 56.8 Å². The number of rotatable bonds is 3. The van der Waals surface area contributed by atoms with Crippen molar-refractivity contribution < 1.29 is 8.42 Å². The van der Waals surface area contributed by atoms with E-state index in [0.29, 0.717) is 5.69 Å². The smallest absolute Gasteiger partial charge is 0.263 e. The summed E-state index contributed by atoms with van der Waals surface area (Å²) in [7, 11) is -3.85. The summed E-state index contributed by atoms with van der Waals surface area (Å²) in [5.74, 6) is 0. The Bertz CT molecular complexity index is 765. The number of hydrogen-bond donors (Lipinski definition) is 1. The van der Waals surface area contributed by atoms with E-state index in [0.717, 1.165) is 4.47 Å². The zero-order valence-corrected chi connectivity index (χ0v) is 14.4. The van der Waals surface area contributed by atoms with Gasteiger partial charge in [-0.2, -0.15) is 0 Å². The molecule has 0 aliphatic carbocycles. The van der Waals surface area contributed by atoms with E-state index in [4.69, 9.17) is 34.8 Å². The number of nitrogens with one attached hydrogen (secondary N) is 1. The summed E-state index contributed by atoms with van der Waals surface area (Å²) in [5, 5.41) is 0.311. The van der Waals surface area contributed by atoms with Crippen LogP contribution in [0.25, 0.3) is 0 Å². The van der Waals surface area contributed by atoms with Gasteiger partial charge in [0.2, 0.25) is 0 Å². The molecule has 0 saturated carbocycles. The minimum absolute atomic E-state index is 0.00176. The topological polar surface area (TPSA) is 46.2 Å². The summed E-state index contributed by atoms with van der Waals surface area (Å²) >= 11 is 20.8. The highest BCUT2D eigenvalue weighted by Crippen LogP contribution is 2.32. The molecular weight excluding hydrogens is 408 g/mol. The molecule has 0 aromatic heterocycles. The fourth-order valence-corrected chi connectivity index (χ4v) is 3.92. The second-order valence-corrected chi connectivity index (χ2v) is 7.60. The van der Waals surface area contributed by atoms with Crippen LogP contribution in [0.4, 0.5) is 5.69 Å². The average Bonchev–Trinajstić information content (AvgIpc) is 2.33. The molecule has 3 nitrogen and oxygen atoms in total. The van der Waals surface area contributed by atoms with Gasteiger partial charge in [-0.05, 0) is 30.3 Å². The van der Waals surface area contributed by atoms with E-state index in [2.05, 4.69) is 20.7 Å². The minimum atomic E-state index is -3.85. The van der Waals surface area contributed by atoms with E-state index in [1.807, 2.05) is 0 Å². The third-order valence-corrected chi connectivity index (χ3v) is 5.40. The first-order chi connectivity index (χ1) is 9.29. The maximum Gasteiger partial charge on any atom is 0.263 e. The van der Waals surface area contributed by atoms with Gasteiger partial charge in [0, 0.05) is 10.2 Å². The number of hydrogen-bond acceptors (Lipinski definition) is 2. The molecule has 2 aromatic rings. The fraction of sp³-hybridized carbons (Fsp3) is 0. The monoisotopic (exact) mass is 413 g/mol. The normalized spacial score (nSPS) is 11.4. The van der Waals surface area contributed by atoms with E-state index >= 15 is 0 Å². The molecule has 0 spiro atoms. The van der Waals surface area contributed by atoms with Crippen molar-refractivity contribution in [2.75, 3.05) is 4.72 Å². The van der Waals surface area contributed by atoms with Crippen molar-refractivity contribution in [3.63, 3.8) is 0 Å². The predicted molar refractivity (Wildman–Crippen MR) is 86.4 cm³/mol. The van der Waals surface area contributed by atoms with Crippen LogP contribution in [0.5, 0.6) is 0 Å². The van der Waals surface area contributed by atoms with Gasteiger partial charge in [-0.25, -0.2) is 8.42 Å². The van der Waals surface area contributed by atoms with Crippen LogP contribution in [0.15, 0.2) is 45.8 Å². The van der Waals surface area contributed by atoms with Crippen molar-refractivity contribution in [1.29, 1.82) is 0 Å². The zero-order chi connectivity index (χ0) is 14.9.